The van der Waals surface area contributed by atoms with Crippen molar-refractivity contribution in [1.82, 2.24) is 0 Å². The highest BCUT2D eigenvalue weighted by Crippen LogP contribution is 2.07. The Balaban J connectivity index is 2.62. The van der Waals surface area contributed by atoms with Crippen molar-refractivity contribution in [3.63, 3.8) is 0 Å². The van der Waals surface area contributed by atoms with Crippen LogP contribution in [0, 0.1) is 11.3 Å². The van der Waals surface area contributed by atoms with E-state index in [-0.39, 0.29) is 5.91 Å². The SMILES string of the molecule is N#CC(Br)C(=O)Nc1ccccc1. The van der Waals surface area contributed by atoms with E-state index in [1.807, 2.05) is 18.2 Å². The van der Waals surface area contributed by atoms with Crippen molar-refractivity contribution in [3.05, 3.63) is 30.3 Å². The molecule has 1 unspecified atom stereocenters. The van der Waals surface area contributed by atoms with E-state index in [4.69, 9.17) is 5.26 Å². The predicted octanol–water partition coefficient (Wildman–Crippen LogP) is 1.91. The Morgan fingerprint density at radius 3 is 2.62 bits per heavy atom. The third-order valence-electron chi connectivity index (χ3n) is 1.38. The summed E-state index contributed by atoms with van der Waals surface area (Å²) in [5.41, 5.74) is 0.687. The third kappa shape index (κ3) is 2.88. The zero-order valence-electron chi connectivity index (χ0n) is 6.70. The Morgan fingerprint density at radius 1 is 1.46 bits per heavy atom. The highest BCUT2D eigenvalue weighted by atomic mass is 79.9. The Kier molecular flexibility index (Phi) is 3.47. The van der Waals surface area contributed by atoms with E-state index in [0.717, 1.165) is 0 Å². The van der Waals surface area contributed by atoms with Crippen molar-refractivity contribution >= 4 is 27.5 Å². The first-order chi connectivity index (χ1) is 6.24. The van der Waals surface area contributed by atoms with E-state index in [1.54, 1.807) is 18.2 Å². The zero-order chi connectivity index (χ0) is 9.68. The predicted molar refractivity (Wildman–Crippen MR) is 53.4 cm³/mol. The monoisotopic (exact) mass is 238 g/mol. The standard InChI is InChI=1S/C9H7BrN2O/c10-8(6-11)9(13)12-7-4-2-1-3-5-7/h1-5,8H,(H,12,13). The van der Waals surface area contributed by atoms with Crippen LogP contribution in [0.25, 0.3) is 0 Å². The van der Waals surface area contributed by atoms with Gasteiger partial charge in [0.1, 0.15) is 0 Å². The summed E-state index contributed by atoms with van der Waals surface area (Å²) >= 11 is 2.93. The van der Waals surface area contributed by atoms with E-state index in [0.29, 0.717) is 5.69 Å². The fourth-order valence-corrected chi connectivity index (χ4v) is 0.900. The Hall–Kier alpha value is -1.34. The lowest BCUT2D eigenvalue weighted by Crippen LogP contribution is -2.21. The largest absolute Gasteiger partial charge is 0.324 e. The maximum Gasteiger partial charge on any atom is 0.252 e. The maximum atomic E-state index is 11.2. The number of para-hydroxylation sites is 1. The van der Waals surface area contributed by atoms with E-state index < -0.39 is 4.83 Å². The van der Waals surface area contributed by atoms with E-state index >= 15 is 0 Å². The number of alkyl halides is 1. The van der Waals surface area contributed by atoms with Crippen LogP contribution >= 0.6 is 15.9 Å². The molecule has 0 saturated carbocycles. The van der Waals surface area contributed by atoms with Gasteiger partial charge in [-0.15, -0.1) is 0 Å². The molecule has 0 heterocycles. The molecule has 0 aromatic heterocycles. The van der Waals surface area contributed by atoms with Crippen LogP contribution in [0.2, 0.25) is 0 Å². The average molecular weight is 239 g/mol. The van der Waals surface area contributed by atoms with Gasteiger partial charge in [0.05, 0.1) is 6.07 Å². The molecule has 1 N–H and O–H groups in total. The number of carbonyl (C=O) groups excluding carboxylic acids is 1. The minimum atomic E-state index is -0.798. The van der Waals surface area contributed by atoms with Crippen molar-refractivity contribution in [2.24, 2.45) is 0 Å². The Bertz CT molecular complexity index is 331. The summed E-state index contributed by atoms with van der Waals surface area (Å²) < 4.78 is 0. The van der Waals surface area contributed by atoms with Crippen molar-refractivity contribution in [3.8, 4) is 6.07 Å². The van der Waals surface area contributed by atoms with Crippen molar-refractivity contribution < 1.29 is 4.79 Å². The topological polar surface area (TPSA) is 52.9 Å². The number of anilines is 1. The van der Waals surface area contributed by atoms with Gasteiger partial charge in [0.15, 0.2) is 4.83 Å². The summed E-state index contributed by atoms with van der Waals surface area (Å²) in [5, 5.41) is 11.0. The van der Waals surface area contributed by atoms with Crippen molar-refractivity contribution in [1.29, 1.82) is 5.26 Å². The van der Waals surface area contributed by atoms with Crippen LogP contribution in [-0.4, -0.2) is 10.7 Å². The first-order valence-corrected chi connectivity index (χ1v) is 4.55. The number of amides is 1. The second-order valence-electron chi connectivity index (χ2n) is 2.35. The number of carbonyl (C=O) groups is 1. The number of hydrogen-bond donors (Lipinski definition) is 1. The number of rotatable bonds is 2. The van der Waals surface area contributed by atoms with Crippen LogP contribution in [0.5, 0.6) is 0 Å². The molecular formula is C9H7BrN2O. The molecule has 0 bridgehead atoms. The summed E-state index contributed by atoms with van der Waals surface area (Å²) in [7, 11) is 0. The van der Waals surface area contributed by atoms with Crippen LogP contribution in [0.4, 0.5) is 5.69 Å². The Morgan fingerprint density at radius 2 is 2.08 bits per heavy atom. The lowest BCUT2D eigenvalue weighted by atomic mass is 10.3. The zero-order valence-corrected chi connectivity index (χ0v) is 8.28. The van der Waals surface area contributed by atoms with Crippen molar-refractivity contribution in [2.45, 2.75) is 4.83 Å². The second-order valence-corrected chi connectivity index (χ2v) is 3.26. The average Bonchev–Trinajstić information content (AvgIpc) is 2.18. The van der Waals surface area contributed by atoms with Gasteiger partial charge >= 0.3 is 0 Å². The second kappa shape index (κ2) is 4.63. The number of halogens is 1. The highest BCUT2D eigenvalue weighted by Gasteiger charge is 2.12. The van der Waals surface area contributed by atoms with Crippen LogP contribution < -0.4 is 5.32 Å². The lowest BCUT2D eigenvalue weighted by molar-refractivity contribution is -0.114. The summed E-state index contributed by atoms with van der Waals surface area (Å²) in [6.45, 7) is 0. The van der Waals surface area contributed by atoms with Gasteiger partial charge in [-0.25, -0.2) is 0 Å². The molecule has 66 valence electrons. The summed E-state index contributed by atoms with van der Waals surface area (Å²) in [6.07, 6.45) is 0. The molecule has 0 fully saturated rings. The van der Waals surface area contributed by atoms with E-state index in [9.17, 15) is 4.79 Å². The van der Waals surface area contributed by atoms with Gasteiger partial charge < -0.3 is 5.32 Å². The fourth-order valence-electron chi connectivity index (χ4n) is 0.786. The van der Waals surface area contributed by atoms with Gasteiger partial charge in [-0.2, -0.15) is 5.26 Å². The number of hydrogen-bond acceptors (Lipinski definition) is 2. The molecule has 0 aliphatic carbocycles. The van der Waals surface area contributed by atoms with Gasteiger partial charge in [0.2, 0.25) is 0 Å². The number of nitrogens with zero attached hydrogens (tertiary/aromatic N) is 1. The molecular weight excluding hydrogens is 232 g/mol. The normalized spacial score (nSPS) is 11.4. The quantitative estimate of drug-likeness (QED) is 0.801. The first-order valence-electron chi connectivity index (χ1n) is 3.63. The fraction of sp³-hybridized carbons (Fsp3) is 0.111. The van der Waals surface area contributed by atoms with Gasteiger partial charge in [-0.1, -0.05) is 34.1 Å². The molecule has 0 aliphatic heterocycles. The van der Waals surface area contributed by atoms with Gasteiger partial charge in [-0.05, 0) is 12.1 Å². The Labute approximate surface area is 84.5 Å². The molecule has 3 nitrogen and oxygen atoms in total. The molecule has 0 spiro atoms. The van der Waals surface area contributed by atoms with E-state index in [1.165, 1.54) is 0 Å². The highest BCUT2D eigenvalue weighted by molar-refractivity contribution is 9.10. The molecule has 0 saturated heterocycles. The number of benzene rings is 1. The smallest absolute Gasteiger partial charge is 0.252 e. The van der Waals surface area contributed by atoms with Crippen LogP contribution in [0.3, 0.4) is 0 Å². The molecule has 1 rings (SSSR count). The summed E-state index contributed by atoms with van der Waals surface area (Å²) in [5.74, 6) is -0.353. The molecule has 1 aromatic carbocycles. The third-order valence-corrected chi connectivity index (χ3v) is 2.01. The maximum absolute atomic E-state index is 11.2. The summed E-state index contributed by atoms with van der Waals surface area (Å²) in [4.78, 5) is 10.4. The van der Waals surface area contributed by atoms with Gasteiger partial charge in [0, 0.05) is 5.69 Å². The van der Waals surface area contributed by atoms with Crippen LogP contribution in [0.1, 0.15) is 0 Å². The molecule has 1 aromatic rings. The minimum absolute atomic E-state index is 0.353. The lowest BCUT2D eigenvalue weighted by Gasteiger charge is -2.03. The van der Waals surface area contributed by atoms with Crippen LogP contribution in [-0.2, 0) is 4.79 Å². The minimum Gasteiger partial charge on any atom is -0.324 e. The number of nitriles is 1. The van der Waals surface area contributed by atoms with Crippen LogP contribution in [0.15, 0.2) is 30.3 Å². The van der Waals surface area contributed by atoms with Crippen molar-refractivity contribution in [2.75, 3.05) is 5.32 Å². The molecule has 1 amide bonds. The molecule has 4 heteroatoms. The molecule has 0 radical (unpaired) electrons. The first kappa shape index (κ1) is 9.75. The number of nitrogens with one attached hydrogen (secondary N) is 1. The molecule has 0 aliphatic rings. The summed E-state index contributed by atoms with van der Waals surface area (Å²) in [6, 6.07) is 10.8. The van der Waals surface area contributed by atoms with E-state index in [2.05, 4.69) is 21.2 Å². The van der Waals surface area contributed by atoms with Gasteiger partial charge in [-0.3, -0.25) is 4.79 Å². The van der Waals surface area contributed by atoms with Gasteiger partial charge in [0.25, 0.3) is 5.91 Å². The molecule has 1 atom stereocenters. The molecule has 13 heavy (non-hydrogen) atoms.